The number of nitrogens with one attached hydrogen (secondary N) is 1. The number of aromatic nitrogens is 1. The predicted octanol–water partition coefficient (Wildman–Crippen LogP) is 1.95. The van der Waals surface area contributed by atoms with Gasteiger partial charge >= 0.3 is 0 Å². The SMILES string of the molecule is CC1(C)c2cc(N3CCN(S(N)(=O)=O)CC3)ccc2C(=O)c2c1[nH]c1cc(N)ccc21. The number of carbonyl (C=O) groups excluding carboxylic acids is 1. The van der Waals surface area contributed by atoms with E-state index in [4.69, 9.17) is 10.9 Å². The molecule has 1 aliphatic heterocycles. The van der Waals surface area contributed by atoms with Crippen LogP contribution in [0.3, 0.4) is 0 Å². The average molecular weight is 440 g/mol. The van der Waals surface area contributed by atoms with Crippen LogP contribution in [0.15, 0.2) is 36.4 Å². The Kier molecular flexibility index (Phi) is 4.24. The monoisotopic (exact) mass is 439 g/mol. The van der Waals surface area contributed by atoms with E-state index in [-0.39, 0.29) is 5.78 Å². The van der Waals surface area contributed by atoms with Crippen molar-refractivity contribution in [3.63, 3.8) is 0 Å². The van der Waals surface area contributed by atoms with Crippen LogP contribution in [0.5, 0.6) is 0 Å². The number of aromatic amines is 1. The number of nitrogens with two attached hydrogens (primary N) is 2. The van der Waals surface area contributed by atoms with Crippen LogP contribution >= 0.6 is 0 Å². The summed E-state index contributed by atoms with van der Waals surface area (Å²) in [5.41, 5.74) is 11.3. The smallest absolute Gasteiger partial charge is 0.277 e. The van der Waals surface area contributed by atoms with Crippen LogP contribution in [0, 0.1) is 0 Å². The fourth-order valence-corrected chi connectivity index (χ4v) is 5.51. The zero-order valence-corrected chi connectivity index (χ0v) is 18.3. The Hall–Kier alpha value is -2.88. The largest absolute Gasteiger partial charge is 0.399 e. The lowest BCUT2D eigenvalue weighted by Gasteiger charge is -2.37. The number of carbonyl (C=O) groups is 1. The highest BCUT2D eigenvalue weighted by atomic mass is 32.2. The lowest BCUT2D eigenvalue weighted by molar-refractivity contribution is 0.103. The number of nitrogen functional groups attached to an aromatic ring is 1. The van der Waals surface area contributed by atoms with Gasteiger partial charge in [0.15, 0.2) is 5.78 Å². The van der Waals surface area contributed by atoms with Crippen molar-refractivity contribution in [1.29, 1.82) is 0 Å². The molecular weight excluding hydrogens is 414 g/mol. The van der Waals surface area contributed by atoms with Gasteiger partial charge in [-0.3, -0.25) is 4.79 Å². The van der Waals surface area contributed by atoms with E-state index in [2.05, 4.69) is 29.8 Å². The second-order valence-corrected chi connectivity index (χ2v) is 10.3. The van der Waals surface area contributed by atoms with Crippen molar-refractivity contribution in [3.8, 4) is 0 Å². The zero-order chi connectivity index (χ0) is 22.1. The van der Waals surface area contributed by atoms with Crippen LogP contribution in [-0.4, -0.2) is 49.7 Å². The van der Waals surface area contributed by atoms with Gasteiger partial charge in [0.05, 0.1) is 5.56 Å². The summed E-state index contributed by atoms with van der Waals surface area (Å²) in [4.78, 5) is 19.0. The van der Waals surface area contributed by atoms with Crippen molar-refractivity contribution in [3.05, 3.63) is 58.8 Å². The van der Waals surface area contributed by atoms with Crippen molar-refractivity contribution in [2.24, 2.45) is 5.14 Å². The second-order valence-electron chi connectivity index (χ2n) is 8.80. The number of nitrogens with zero attached hydrogens (tertiary/aromatic N) is 2. The summed E-state index contributed by atoms with van der Waals surface area (Å²) < 4.78 is 24.5. The van der Waals surface area contributed by atoms with Gasteiger partial charge in [0.2, 0.25) is 0 Å². The third kappa shape index (κ3) is 3.03. The molecule has 0 saturated carbocycles. The number of hydrogen-bond acceptors (Lipinski definition) is 5. The van der Waals surface area contributed by atoms with Crippen LogP contribution in [0.1, 0.15) is 41.0 Å². The molecule has 2 aliphatic rings. The van der Waals surface area contributed by atoms with Crippen molar-refractivity contribution in [2.75, 3.05) is 36.8 Å². The van der Waals surface area contributed by atoms with E-state index >= 15 is 0 Å². The minimum Gasteiger partial charge on any atom is -0.399 e. The average Bonchev–Trinajstić information content (AvgIpc) is 3.11. The molecule has 0 atom stereocenters. The minimum absolute atomic E-state index is 0.00550. The van der Waals surface area contributed by atoms with Crippen molar-refractivity contribution >= 4 is 38.3 Å². The maximum absolute atomic E-state index is 13.4. The number of piperazine rings is 1. The molecule has 31 heavy (non-hydrogen) atoms. The Labute approximate surface area is 181 Å². The Balaban J connectivity index is 1.55. The zero-order valence-electron chi connectivity index (χ0n) is 17.5. The summed E-state index contributed by atoms with van der Waals surface area (Å²) >= 11 is 0. The molecule has 9 heteroatoms. The number of hydrogen-bond donors (Lipinski definition) is 3. The highest BCUT2D eigenvalue weighted by molar-refractivity contribution is 7.86. The number of rotatable bonds is 2. The Morgan fingerprint density at radius 2 is 1.74 bits per heavy atom. The Morgan fingerprint density at radius 1 is 1.03 bits per heavy atom. The molecule has 1 fully saturated rings. The van der Waals surface area contributed by atoms with E-state index < -0.39 is 15.6 Å². The maximum Gasteiger partial charge on any atom is 0.277 e. The van der Waals surface area contributed by atoms with Crippen molar-refractivity contribution in [1.82, 2.24) is 9.29 Å². The number of fused-ring (bicyclic) bond motifs is 4. The van der Waals surface area contributed by atoms with E-state index in [1.54, 1.807) is 0 Å². The highest BCUT2D eigenvalue weighted by Gasteiger charge is 2.40. The Morgan fingerprint density at radius 3 is 2.42 bits per heavy atom. The van der Waals surface area contributed by atoms with Crippen molar-refractivity contribution < 1.29 is 13.2 Å². The third-order valence-corrected chi connectivity index (χ3v) is 7.64. The molecule has 2 heterocycles. The lowest BCUT2D eigenvalue weighted by atomic mass is 9.71. The summed E-state index contributed by atoms with van der Waals surface area (Å²) in [6, 6.07) is 11.5. The molecule has 1 aromatic heterocycles. The number of H-pyrrole nitrogens is 1. The normalized spacial score (nSPS) is 18.8. The molecule has 0 radical (unpaired) electrons. The van der Waals surface area contributed by atoms with Crippen LogP contribution < -0.4 is 15.8 Å². The first-order chi connectivity index (χ1) is 14.6. The molecule has 0 unspecified atom stereocenters. The predicted molar refractivity (Wildman–Crippen MR) is 122 cm³/mol. The molecule has 0 bridgehead atoms. The van der Waals surface area contributed by atoms with Gasteiger partial charge in [0.25, 0.3) is 10.2 Å². The fraction of sp³-hybridized carbons (Fsp3) is 0.318. The summed E-state index contributed by atoms with van der Waals surface area (Å²) in [6.45, 7) is 5.98. The van der Waals surface area contributed by atoms with Gasteiger partial charge in [0.1, 0.15) is 0 Å². The van der Waals surface area contributed by atoms with Crippen LogP contribution in [-0.2, 0) is 15.6 Å². The first-order valence-corrected chi connectivity index (χ1v) is 11.7. The molecular formula is C22H25N5O3S. The molecule has 2 aromatic carbocycles. The number of benzene rings is 2. The number of ketones is 1. The lowest BCUT2D eigenvalue weighted by Crippen LogP contribution is -2.50. The summed E-state index contributed by atoms with van der Waals surface area (Å²) in [5, 5.41) is 6.14. The van der Waals surface area contributed by atoms with Crippen LogP contribution in [0.2, 0.25) is 0 Å². The molecule has 0 spiro atoms. The molecule has 162 valence electrons. The summed E-state index contributed by atoms with van der Waals surface area (Å²) in [7, 11) is -3.67. The van der Waals surface area contributed by atoms with E-state index in [0.29, 0.717) is 43.0 Å². The molecule has 1 aliphatic carbocycles. The first kappa shape index (κ1) is 20.0. The number of anilines is 2. The molecule has 3 aromatic rings. The first-order valence-electron chi connectivity index (χ1n) is 10.2. The molecule has 8 nitrogen and oxygen atoms in total. The topological polar surface area (TPSA) is 126 Å². The standard InChI is InChI=1S/C22H25N5O3S/c1-22(2)17-12-14(26-7-9-27(10-8-26)31(24,29)30)4-6-15(17)20(28)19-16-5-3-13(23)11-18(16)25-21(19)22/h3-6,11-12,25H,7-10,23H2,1-2H3,(H2,24,29,30). The summed E-state index contributed by atoms with van der Waals surface area (Å²) in [6.07, 6.45) is 0. The molecule has 5 N–H and O–H groups in total. The quantitative estimate of drug-likeness (QED) is 0.526. The maximum atomic E-state index is 13.4. The van der Waals surface area contributed by atoms with E-state index in [0.717, 1.165) is 27.8 Å². The van der Waals surface area contributed by atoms with Crippen LogP contribution in [0.25, 0.3) is 10.9 Å². The van der Waals surface area contributed by atoms with Crippen molar-refractivity contribution in [2.45, 2.75) is 19.3 Å². The van der Waals surface area contributed by atoms with Gasteiger partial charge in [-0.25, -0.2) is 5.14 Å². The van der Waals surface area contributed by atoms with E-state index in [1.165, 1.54) is 4.31 Å². The van der Waals surface area contributed by atoms with E-state index in [9.17, 15) is 13.2 Å². The van der Waals surface area contributed by atoms with Gasteiger partial charge in [-0.1, -0.05) is 19.9 Å². The van der Waals surface area contributed by atoms with E-state index in [1.807, 2.05) is 30.3 Å². The highest BCUT2D eigenvalue weighted by Crippen LogP contribution is 2.45. The van der Waals surface area contributed by atoms with Gasteiger partial charge in [0, 0.05) is 65.1 Å². The second kappa shape index (κ2) is 6.56. The van der Waals surface area contributed by atoms with Gasteiger partial charge in [-0.15, -0.1) is 0 Å². The molecule has 1 saturated heterocycles. The minimum atomic E-state index is -3.67. The molecule has 5 rings (SSSR count). The Bertz CT molecular complexity index is 1330. The van der Waals surface area contributed by atoms with Gasteiger partial charge in [-0.05, 0) is 35.9 Å². The summed E-state index contributed by atoms with van der Waals surface area (Å²) in [5.74, 6) is 0.00550. The van der Waals surface area contributed by atoms with Gasteiger partial charge < -0.3 is 15.6 Å². The third-order valence-electron chi connectivity index (χ3n) is 6.56. The van der Waals surface area contributed by atoms with Gasteiger partial charge in [-0.2, -0.15) is 12.7 Å². The molecule has 0 amide bonds. The van der Waals surface area contributed by atoms with Crippen LogP contribution in [0.4, 0.5) is 11.4 Å². The fourth-order valence-electron chi connectivity index (χ4n) is 4.83.